The van der Waals surface area contributed by atoms with E-state index in [1.807, 2.05) is 36.7 Å². The Morgan fingerprint density at radius 3 is 1.52 bits per heavy atom. The third-order valence-corrected chi connectivity index (χ3v) is 6.99. The van der Waals surface area contributed by atoms with Crippen LogP contribution in [0.25, 0.3) is 5.57 Å². The van der Waals surface area contributed by atoms with E-state index >= 15 is 0 Å². The summed E-state index contributed by atoms with van der Waals surface area (Å²) in [5.41, 5.74) is 3.13. The summed E-state index contributed by atoms with van der Waals surface area (Å²) in [5.74, 6) is 2.43. The van der Waals surface area contributed by atoms with Crippen molar-refractivity contribution in [3.05, 3.63) is 66.0 Å². The van der Waals surface area contributed by atoms with Crippen LogP contribution in [0.2, 0.25) is 0 Å². The third-order valence-electron chi connectivity index (χ3n) is 3.59. The van der Waals surface area contributed by atoms with Crippen molar-refractivity contribution in [2.45, 2.75) is 51.9 Å². The smallest absolute Gasteiger partial charge is 0.0724 e. The SMILES string of the molecule is CC(C)(C)P(C=C(c1ccccn1)c1ccccn1)C(C)(C)C. The summed E-state index contributed by atoms with van der Waals surface area (Å²) in [6.45, 7) is 14.0. The largest absolute Gasteiger partial charge is 0.256 e. The van der Waals surface area contributed by atoms with Crippen molar-refractivity contribution < 1.29 is 0 Å². The fourth-order valence-corrected chi connectivity index (χ4v) is 6.14. The number of pyridine rings is 2. The molecule has 0 bridgehead atoms. The van der Waals surface area contributed by atoms with E-state index in [1.54, 1.807) is 0 Å². The molecule has 2 aromatic rings. The van der Waals surface area contributed by atoms with Crippen molar-refractivity contribution in [1.82, 2.24) is 9.97 Å². The number of nitrogens with zero attached hydrogens (tertiary/aromatic N) is 2. The van der Waals surface area contributed by atoms with Crippen LogP contribution in [0, 0.1) is 0 Å². The minimum Gasteiger partial charge on any atom is -0.256 e. The maximum Gasteiger partial charge on any atom is 0.0724 e. The third kappa shape index (κ3) is 4.72. The van der Waals surface area contributed by atoms with Gasteiger partial charge in [-0.05, 0) is 40.4 Å². The lowest BCUT2D eigenvalue weighted by molar-refractivity contribution is 0.714. The van der Waals surface area contributed by atoms with Crippen LogP contribution in [-0.4, -0.2) is 20.3 Å². The highest BCUT2D eigenvalue weighted by Gasteiger charge is 2.33. The van der Waals surface area contributed by atoms with E-state index < -0.39 is 0 Å². The first-order valence-corrected chi connectivity index (χ1v) is 9.45. The molecule has 2 aromatic heterocycles. The molecule has 0 aliphatic carbocycles. The average molecular weight is 326 g/mol. The Labute approximate surface area is 141 Å². The van der Waals surface area contributed by atoms with Crippen molar-refractivity contribution in [3.8, 4) is 0 Å². The van der Waals surface area contributed by atoms with Gasteiger partial charge in [0.15, 0.2) is 0 Å². The molecule has 0 aromatic carbocycles. The van der Waals surface area contributed by atoms with Gasteiger partial charge in [0.25, 0.3) is 0 Å². The zero-order valence-electron chi connectivity index (χ0n) is 15.0. The van der Waals surface area contributed by atoms with Gasteiger partial charge in [-0.3, -0.25) is 9.97 Å². The van der Waals surface area contributed by atoms with Gasteiger partial charge in [0.05, 0.1) is 11.4 Å². The molecule has 2 nitrogen and oxygen atoms in total. The lowest BCUT2D eigenvalue weighted by Gasteiger charge is -2.40. The quantitative estimate of drug-likeness (QED) is 0.652. The maximum atomic E-state index is 4.57. The first kappa shape index (κ1) is 17.8. The zero-order chi connectivity index (χ0) is 17.1. The van der Waals surface area contributed by atoms with Gasteiger partial charge < -0.3 is 0 Å². The summed E-state index contributed by atoms with van der Waals surface area (Å²) in [6.07, 6.45) is 3.70. The summed E-state index contributed by atoms with van der Waals surface area (Å²) in [7, 11) is -0.371. The minimum absolute atomic E-state index is 0.225. The lowest BCUT2D eigenvalue weighted by atomic mass is 10.1. The van der Waals surface area contributed by atoms with E-state index in [-0.39, 0.29) is 18.2 Å². The van der Waals surface area contributed by atoms with Gasteiger partial charge in [0.1, 0.15) is 0 Å². The Kier molecular flexibility index (Phi) is 5.37. The maximum absolute atomic E-state index is 4.57. The van der Waals surface area contributed by atoms with E-state index in [1.165, 1.54) is 0 Å². The van der Waals surface area contributed by atoms with Crippen LogP contribution in [0.4, 0.5) is 0 Å². The van der Waals surface area contributed by atoms with Crippen LogP contribution < -0.4 is 0 Å². The predicted octanol–water partition coefficient (Wildman–Crippen LogP) is 5.94. The standard InChI is InChI=1S/C20H27N2P/c1-19(2,3)23(20(4,5)6)15-16(17-11-7-9-13-21-17)18-12-8-10-14-22-18/h7-15H,1-6H3. The molecule has 0 spiro atoms. The Morgan fingerprint density at radius 1 is 0.783 bits per heavy atom. The van der Waals surface area contributed by atoms with Crippen LogP contribution in [0.3, 0.4) is 0 Å². The van der Waals surface area contributed by atoms with Gasteiger partial charge in [-0.1, -0.05) is 61.6 Å². The number of aromatic nitrogens is 2. The second-order valence-electron chi connectivity index (χ2n) is 7.68. The molecule has 0 amide bonds. The fraction of sp³-hybridized carbons (Fsp3) is 0.400. The summed E-state index contributed by atoms with van der Waals surface area (Å²) in [5, 5.41) is 0.449. The van der Waals surface area contributed by atoms with Crippen molar-refractivity contribution in [1.29, 1.82) is 0 Å². The van der Waals surface area contributed by atoms with Gasteiger partial charge in [0, 0.05) is 18.0 Å². The van der Waals surface area contributed by atoms with Crippen LogP contribution in [-0.2, 0) is 0 Å². The Hall–Kier alpha value is -1.53. The number of hydrogen-bond acceptors (Lipinski definition) is 2. The van der Waals surface area contributed by atoms with E-state index in [9.17, 15) is 0 Å². The highest BCUT2D eigenvalue weighted by Crippen LogP contribution is 2.61. The van der Waals surface area contributed by atoms with Crippen molar-refractivity contribution in [2.24, 2.45) is 0 Å². The average Bonchev–Trinajstić information content (AvgIpc) is 2.47. The second kappa shape index (κ2) is 6.93. The van der Waals surface area contributed by atoms with Gasteiger partial charge in [-0.2, -0.15) is 0 Å². The molecule has 0 unspecified atom stereocenters. The Morgan fingerprint density at radius 2 is 1.22 bits per heavy atom. The van der Waals surface area contributed by atoms with Crippen molar-refractivity contribution >= 4 is 13.5 Å². The van der Waals surface area contributed by atoms with Gasteiger partial charge in [-0.25, -0.2) is 0 Å². The van der Waals surface area contributed by atoms with Crippen LogP contribution in [0.1, 0.15) is 52.9 Å². The van der Waals surface area contributed by atoms with Crippen LogP contribution in [0.5, 0.6) is 0 Å². The zero-order valence-corrected chi connectivity index (χ0v) is 15.9. The Balaban J connectivity index is 2.61. The molecule has 0 aliphatic rings. The summed E-state index contributed by atoms with van der Waals surface area (Å²) < 4.78 is 0. The van der Waals surface area contributed by atoms with Gasteiger partial charge in [0.2, 0.25) is 0 Å². The normalized spacial score (nSPS) is 12.3. The van der Waals surface area contributed by atoms with E-state index in [0.717, 1.165) is 17.0 Å². The molecule has 2 rings (SSSR count). The number of rotatable bonds is 3. The van der Waals surface area contributed by atoms with E-state index in [2.05, 4.69) is 69.5 Å². The van der Waals surface area contributed by atoms with E-state index in [4.69, 9.17) is 0 Å². The van der Waals surface area contributed by atoms with Crippen LogP contribution in [0.15, 0.2) is 54.6 Å². The van der Waals surface area contributed by atoms with Gasteiger partial charge in [-0.15, -0.1) is 0 Å². The summed E-state index contributed by atoms with van der Waals surface area (Å²) in [6, 6.07) is 12.1. The Bertz CT molecular complexity index is 594. The summed E-state index contributed by atoms with van der Waals surface area (Å²) >= 11 is 0. The molecular formula is C20H27N2P. The first-order valence-electron chi connectivity index (χ1n) is 8.04. The summed E-state index contributed by atoms with van der Waals surface area (Å²) in [4.78, 5) is 9.15. The van der Waals surface area contributed by atoms with Gasteiger partial charge >= 0.3 is 0 Å². The lowest BCUT2D eigenvalue weighted by Crippen LogP contribution is -2.23. The molecular weight excluding hydrogens is 299 g/mol. The van der Waals surface area contributed by atoms with Crippen molar-refractivity contribution in [3.63, 3.8) is 0 Å². The highest BCUT2D eigenvalue weighted by molar-refractivity contribution is 7.64. The molecule has 2 heterocycles. The predicted molar refractivity (Wildman–Crippen MR) is 102 cm³/mol. The van der Waals surface area contributed by atoms with E-state index in [0.29, 0.717) is 0 Å². The highest BCUT2D eigenvalue weighted by atomic mass is 31.1. The van der Waals surface area contributed by atoms with Crippen molar-refractivity contribution in [2.75, 3.05) is 0 Å². The molecule has 122 valence electrons. The topological polar surface area (TPSA) is 25.8 Å². The fourth-order valence-electron chi connectivity index (χ4n) is 2.83. The molecule has 0 N–H and O–H groups in total. The molecule has 0 atom stereocenters. The molecule has 0 fully saturated rings. The monoisotopic (exact) mass is 326 g/mol. The molecule has 0 saturated heterocycles. The second-order valence-corrected chi connectivity index (χ2v) is 11.4. The molecule has 0 saturated carbocycles. The first-order chi connectivity index (χ1) is 10.7. The molecule has 23 heavy (non-hydrogen) atoms. The molecule has 3 heteroatoms. The minimum atomic E-state index is -0.371. The molecule has 0 radical (unpaired) electrons. The van der Waals surface area contributed by atoms with Crippen LogP contribution >= 0.6 is 7.92 Å². The number of hydrogen-bond donors (Lipinski definition) is 0. The molecule has 0 aliphatic heterocycles.